The van der Waals surface area contributed by atoms with Crippen LogP contribution in [0.25, 0.3) is 0 Å². The van der Waals surface area contributed by atoms with Gasteiger partial charge in [-0.2, -0.15) is 0 Å². The van der Waals surface area contributed by atoms with Gasteiger partial charge in [0.05, 0.1) is 7.11 Å². The quantitative estimate of drug-likeness (QED) is 0.668. The highest BCUT2D eigenvalue weighted by Gasteiger charge is 2.15. The van der Waals surface area contributed by atoms with Gasteiger partial charge in [-0.25, -0.2) is 0 Å². The summed E-state index contributed by atoms with van der Waals surface area (Å²) in [5.41, 5.74) is 1.25. The topological polar surface area (TPSA) is 46.9 Å². The second-order valence-corrected chi connectivity index (χ2v) is 7.17. The highest BCUT2D eigenvalue weighted by molar-refractivity contribution is 5.31. The minimum atomic E-state index is -0.537. The number of ether oxygens (including phenoxy) is 2. The zero-order valence-corrected chi connectivity index (χ0v) is 16.4. The van der Waals surface area contributed by atoms with Crippen LogP contribution in [0.1, 0.15) is 26.0 Å². The van der Waals surface area contributed by atoms with Crippen LogP contribution >= 0.6 is 0 Å². The molecule has 26 heavy (non-hydrogen) atoms. The molecule has 0 fully saturated rings. The Morgan fingerprint density at radius 1 is 1.12 bits per heavy atom. The zero-order chi connectivity index (χ0) is 18.9. The van der Waals surface area contributed by atoms with Crippen LogP contribution in [0, 0.1) is 5.92 Å². The van der Waals surface area contributed by atoms with Crippen LogP contribution in [0.5, 0.6) is 11.5 Å². The Kier molecular flexibility index (Phi) is 8.01. The minimum Gasteiger partial charge on any atom is -0.497 e. The molecule has 0 radical (unpaired) electrons. The minimum absolute atomic E-state index is 0.275. The van der Waals surface area contributed by atoms with Gasteiger partial charge in [0.2, 0.25) is 0 Å². The number of methoxy groups -OCH3 is 1. The van der Waals surface area contributed by atoms with Crippen molar-refractivity contribution in [1.29, 1.82) is 0 Å². The number of nitrogens with zero attached hydrogens (tertiary/aromatic N) is 2. The number of hydrogen-bond donors (Lipinski definition) is 1. The third-order valence-corrected chi connectivity index (χ3v) is 4.43. The van der Waals surface area contributed by atoms with E-state index in [-0.39, 0.29) is 6.61 Å². The van der Waals surface area contributed by atoms with E-state index in [1.54, 1.807) is 7.11 Å². The lowest BCUT2D eigenvalue weighted by atomic mass is 10.1. The van der Waals surface area contributed by atoms with E-state index in [9.17, 15) is 5.11 Å². The summed E-state index contributed by atoms with van der Waals surface area (Å²) < 4.78 is 13.0. The molecule has 1 heterocycles. The lowest BCUT2D eigenvalue weighted by molar-refractivity contribution is 0.0632. The molecule has 2 aromatic rings. The molecule has 1 aromatic heterocycles. The molecule has 5 heteroatoms. The molecule has 0 bridgehead atoms. The van der Waals surface area contributed by atoms with E-state index >= 15 is 0 Å². The molecule has 0 saturated heterocycles. The molecule has 0 aliphatic heterocycles. The van der Waals surface area contributed by atoms with Crippen molar-refractivity contribution in [3.63, 3.8) is 0 Å². The number of hydrogen-bond acceptors (Lipinski definition) is 4. The average molecular weight is 360 g/mol. The Labute approximate surface area is 157 Å². The van der Waals surface area contributed by atoms with Gasteiger partial charge in [0, 0.05) is 32.0 Å². The maximum Gasteiger partial charge on any atom is 0.119 e. The van der Waals surface area contributed by atoms with Crippen LogP contribution in [0.15, 0.2) is 42.6 Å². The Bertz CT molecular complexity index is 637. The van der Waals surface area contributed by atoms with Crippen molar-refractivity contribution < 1.29 is 14.6 Å². The fourth-order valence-corrected chi connectivity index (χ4v) is 2.78. The smallest absolute Gasteiger partial charge is 0.119 e. The van der Waals surface area contributed by atoms with E-state index in [1.165, 1.54) is 5.69 Å². The molecular formula is C21H32N2O3. The summed E-state index contributed by atoms with van der Waals surface area (Å²) in [6.07, 6.45) is 2.62. The normalized spacial score (nSPS) is 12.6. The van der Waals surface area contributed by atoms with Gasteiger partial charge in [0.15, 0.2) is 0 Å². The number of aliphatic hydroxyl groups is 1. The van der Waals surface area contributed by atoms with E-state index in [1.807, 2.05) is 24.3 Å². The average Bonchev–Trinajstić information content (AvgIpc) is 3.03. The highest BCUT2D eigenvalue weighted by Crippen LogP contribution is 2.17. The molecular weight excluding hydrogens is 328 g/mol. The van der Waals surface area contributed by atoms with Gasteiger partial charge in [-0.15, -0.1) is 0 Å². The molecule has 0 spiro atoms. The van der Waals surface area contributed by atoms with Gasteiger partial charge in [0.25, 0.3) is 0 Å². The van der Waals surface area contributed by atoms with Crippen LogP contribution in [0.4, 0.5) is 0 Å². The monoisotopic (exact) mass is 360 g/mol. The SMILES string of the molecule is COc1ccc(OC[C@H](O)CN(CCC(C)C)Cc2cccn2C)cc1. The van der Waals surface area contributed by atoms with Crippen molar-refractivity contribution in [2.75, 3.05) is 26.8 Å². The summed E-state index contributed by atoms with van der Waals surface area (Å²) in [7, 11) is 3.69. The second kappa shape index (κ2) is 10.2. The molecule has 5 nitrogen and oxygen atoms in total. The van der Waals surface area contributed by atoms with E-state index in [0.717, 1.165) is 31.0 Å². The van der Waals surface area contributed by atoms with Gasteiger partial charge < -0.3 is 19.1 Å². The van der Waals surface area contributed by atoms with Crippen molar-refractivity contribution in [1.82, 2.24) is 9.47 Å². The number of aliphatic hydroxyl groups excluding tert-OH is 1. The summed E-state index contributed by atoms with van der Waals surface area (Å²) >= 11 is 0. The van der Waals surface area contributed by atoms with Crippen LogP contribution < -0.4 is 9.47 Å². The first-order valence-corrected chi connectivity index (χ1v) is 9.25. The largest absolute Gasteiger partial charge is 0.497 e. The number of aryl methyl sites for hydroxylation is 1. The fraction of sp³-hybridized carbons (Fsp3) is 0.524. The van der Waals surface area contributed by atoms with Crippen LogP contribution in [0.3, 0.4) is 0 Å². The molecule has 144 valence electrons. The Morgan fingerprint density at radius 3 is 2.38 bits per heavy atom. The molecule has 2 rings (SSSR count). The van der Waals surface area contributed by atoms with Crippen molar-refractivity contribution in [3.8, 4) is 11.5 Å². The predicted octanol–water partition coefficient (Wildman–Crippen LogP) is 3.32. The third-order valence-electron chi connectivity index (χ3n) is 4.43. The van der Waals surface area contributed by atoms with Gasteiger partial charge in [-0.05, 0) is 55.3 Å². The van der Waals surface area contributed by atoms with E-state index in [2.05, 4.69) is 48.7 Å². The van der Waals surface area contributed by atoms with E-state index in [0.29, 0.717) is 12.5 Å². The summed E-state index contributed by atoms with van der Waals surface area (Å²) in [6, 6.07) is 11.6. The lowest BCUT2D eigenvalue weighted by Gasteiger charge is -2.26. The Morgan fingerprint density at radius 2 is 1.81 bits per heavy atom. The van der Waals surface area contributed by atoms with Crippen molar-refractivity contribution in [3.05, 3.63) is 48.3 Å². The Hall–Kier alpha value is -1.98. The maximum atomic E-state index is 10.4. The van der Waals surface area contributed by atoms with Crippen molar-refractivity contribution in [2.45, 2.75) is 32.9 Å². The fourth-order valence-electron chi connectivity index (χ4n) is 2.78. The molecule has 0 saturated carbocycles. The molecule has 0 unspecified atom stereocenters. The zero-order valence-electron chi connectivity index (χ0n) is 16.4. The molecule has 1 atom stereocenters. The summed E-state index contributed by atoms with van der Waals surface area (Å²) in [4.78, 5) is 2.30. The molecule has 0 aliphatic carbocycles. The summed E-state index contributed by atoms with van der Waals surface area (Å²) in [6.45, 7) is 7.11. The first-order valence-electron chi connectivity index (χ1n) is 9.25. The van der Waals surface area contributed by atoms with Gasteiger partial charge in [0.1, 0.15) is 24.2 Å². The first kappa shape index (κ1) is 20.3. The van der Waals surface area contributed by atoms with Crippen LogP contribution in [-0.2, 0) is 13.6 Å². The van der Waals surface area contributed by atoms with Gasteiger partial charge in [-0.3, -0.25) is 4.90 Å². The third kappa shape index (κ3) is 6.73. The Balaban J connectivity index is 1.87. The highest BCUT2D eigenvalue weighted by atomic mass is 16.5. The molecule has 0 aliphatic rings. The van der Waals surface area contributed by atoms with Crippen molar-refractivity contribution >= 4 is 0 Å². The van der Waals surface area contributed by atoms with Gasteiger partial charge >= 0.3 is 0 Å². The van der Waals surface area contributed by atoms with Crippen LogP contribution in [-0.4, -0.2) is 47.5 Å². The standard InChI is InChI=1S/C21H32N2O3/c1-17(2)11-13-23(14-18-6-5-12-22(18)3)15-19(24)16-26-21-9-7-20(25-4)8-10-21/h5-10,12,17,19,24H,11,13-16H2,1-4H3/t19-/m1/s1. The number of aromatic nitrogens is 1. The predicted molar refractivity (Wildman–Crippen MR) is 105 cm³/mol. The second-order valence-electron chi connectivity index (χ2n) is 7.17. The molecule has 0 amide bonds. The first-order chi connectivity index (χ1) is 12.5. The van der Waals surface area contributed by atoms with E-state index < -0.39 is 6.10 Å². The molecule has 1 aromatic carbocycles. The lowest BCUT2D eigenvalue weighted by Crippen LogP contribution is -2.36. The summed E-state index contributed by atoms with van der Waals surface area (Å²) in [5, 5.41) is 10.4. The van der Waals surface area contributed by atoms with Gasteiger partial charge in [-0.1, -0.05) is 13.8 Å². The van der Waals surface area contributed by atoms with Crippen LogP contribution in [0.2, 0.25) is 0 Å². The number of rotatable bonds is 11. The van der Waals surface area contributed by atoms with Crippen molar-refractivity contribution in [2.24, 2.45) is 13.0 Å². The number of benzene rings is 1. The summed E-state index contributed by atoms with van der Waals surface area (Å²) in [5.74, 6) is 2.17. The maximum absolute atomic E-state index is 10.4. The van der Waals surface area contributed by atoms with E-state index in [4.69, 9.17) is 9.47 Å². The molecule has 1 N–H and O–H groups in total.